The smallest absolute Gasteiger partial charge is 0.267 e. The lowest BCUT2D eigenvalue weighted by Gasteiger charge is -2.06. The first-order chi connectivity index (χ1) is 12.1. The van der Waals surface area contributed by atoms with Crippen LogP contribution in [0.2, 0.25) is 0 Å². The highest BCUT2D eigenvalue weighted by Crippen LogP contribution is 2.26. The summed E-state index contributed by atoms with van der Waals surface area (Å²) in [6.45, 7) is 1.94. The quantitative estimate of drug-likeness (QED) is 0.493. The standard InChI is InChI=1S/C16H14N4O2S3/c1-10-5-2-3-6-11(10)17-13(21)9-24-16-20-19-15(25-16)18-14(22)12-7-4-8-23-12/h2-8H,9H2,1H3,(H,17,21)(H,18,19,22). The lowest BCUT2D eigenvalue weighted by molar-refractivity contribution is -0.113. The highest BCUT2D eigenvalue weighted by Gasteiger charge is 2.12. The number of hydrogen-bond acceptors (Lipinski definition) is 7. The number of aryl methyl sites for hydroxylation is 1. The van der Waals surface area contributed by atoms with Crippen LogP contribution in [0.25, 0.3) is 0 Å². The number of amides is 2. The molecule has 2 N–H and O–H groups in total. The Balaban J connectivity index is 1.51. The first kappa shape index (κ1) is 17.6. The fraction of sp³-hybridized carbons (Fsp3) is 0.125. The molecule has 3 rings (SSSR count). The molecule has 0 aliphatic rings. The predicted octanol–water partition coefficient (Wildman–Crippen LogP) is 3.89. The Bertz CT molecular complexity index is 877. The minimum Gasteiger partial charge on any atom is -0.325 e. The number of thiophene rings is 1. The van der Waals surface area contributed by atoms with E-state index in [9.17, 15) is 9.59 Å². The molecule has 2 amide bonds. The van der Waals surface area contributed by atoms with Gasteiger partial charge in [-0.25, -0.2) is 0 Å². The minimum absolute atomic E-state index is 0.112. The maximum atomic E-state index is 12.0. The Morgan fingerprint density at radius 1 is 1.12 bits per heavy atom. The molecule has 0 saturated carbocycles. The summed E-state index contributed by atoms with van der Waals surface area (Å²) < 4.78 is 0.626. The van der Waals surface area contributed by atoms with Crippen molar-refractivity contribution in [2.45, 2.75) is 11.3 Å². The zero-order valence-electron chi connectivity index (χ0n) is 13.2. The van der Waals surface area contributed by atoms with Gasteiger partial charge in [0.1, 0.15) is 0 Å². The molecule has 0 saturated heterocycles. The summed E-state index contributed by atoms with van der Waals surface area (Å²) in [5, 5.41) is 15.7. The zero-order chi connectivity index (χ0) is 17.6. The largest absolute Gasteiger partial charge is 0.325 e. The molecule has 0 aliphatic carbocycles. The molecule has 0 atom stereocenters. The van der Waals surface area contributed by atoms with Gasteiger partial charge in [-0.15, -0.1) is 21.5 Å². The van der Waals surface area contributed by atoms with Crippen LogP contribution in [-0.4, -0.2) is 27.8 Å². The molecule has 0 aliphatic heterocycles. The summed E-state index contributed by atoms with van der Waals surface area (Å²) >= 11 is 3.89. The third-order valence-electron chi connectivity index (χ3n) is 3.12. The fourth-order valence-corrected chi connectivity index (χ4v) is 4.08. The molecule has 25 heavy (non-hydrogen) atoms. The van der Waals surface area contributed by atoms with Crippen LogP contribution in [0.4, 0.5) is 10.8 Å². The molecule has 3 aromatic rings. The van der Waals surface area contributed by atoms with Crippen LogP contribution >= 0.6 is 34.4 Å². The SMILES string of the molecule is Cc1ccccc1NC(=O)CSc1nnc(NC(=O)c2cccs2)s1. The van der Waals surface area contributed by atoms with Gasteiger partial charge in [0.2, 0.25) is 11.0 Å². The van der Waals surface area contributed by atoms with E-state index in [4.69, 9.17) is 0 Å². The average Bonchev–Trinajstić information content (AvgIpc) is 3.27. The van der Waals surface area contributed by atoms with Crippen LogP contribution in [0.15, 0.2) is 46.1 Å². The van der Waals surface area contributed by atoms with Crippen molar-refractivity contribution in [2.24, 2.45) is 0 Å². The van der Waals surface area contributed by atoms with Gasteiger partial charge in [0.25, 0.3) is 5.91 Å². The van der Waals surface area contributed by atoms with Crippen molar-refractivity contribution in [3.8, 4) is 0 Å². The molecule has 0 unspecified atom stereocenters. The lowest BCUT2D eigenvalue weighted by Crippen LogP contribution is -2.14. The number of para-hydroxylation sites is 1. The van der Waals surface area contributed by atoms with E-state index >= 15 is 0 Å². The van der Waals surface area contributed by atoms with Gasteiger partial charge in [-0.05, 0) is 30.0 Å². The van der Waals surface area contributed by atoms with Crippen molar-refractivity contribution in [1.82, 2.24) is 10.2 Å². The van der Waals surface area contributed by atoms with Crippen molar-refractivity contribution < 1.29 is 9.59 Å². The van der Waals surface area contributed by atoms with Gasteiger partial charge in [-0.2, -0.15) is 0 Å². The van der Waals surface area contributed by atoms with Crippen LogP contribution in [0.1, 0.15) is 15.2 Å². The third kappa shape index (κ3) is 4.88. The van der Waals surface area contributed by atoms with Crippen molar-refractivity contribution >= 4 is 57.1 Å². The topological polar surface area (TPSA) is 84.0 Å². The van der Waals surface area contributed by atoms with E-state index in [-0.39, 0.29) is 17.6 Å². The molecule has 0 radical (unpaired) electrons. The first-order valence-electron chi connectivity index (χ1n) is 7.28. The Hall–Kier alpha value is -2.23. The summed E-state index contributed by atoms with van der Waals surface area (Å²) in [5.74, 6) is -0.0966. The average molecular weight is 391 g/mol. The van der Waals surface area contributed by atoms with Gasteiger partial charge in [0, 0.05) is 5.69 Å². The van der Waals surface area contributed by atoms with E-state index in [2.05, 4.69) is 20.8 Å². The maximum absolute atomic E-state index is 12.0. The Morgan fingerprint density at radius 3 is 2.72 bits per heavy atom. The molecular weight excluding hydrogens is 376 g/mol. The first-order valence-corrected chi connectivity index (χ1v) is 9.96. The Morgan fingerprint density at radius 2 is 1.96 bits per heavy atom. The van der Waals surface area contributed by atoms with Crippen molar-refractivity contribution in [3.63, 3.8) is 0 Å². The van der Waals surface area contributed by atoms with Gasteiger partial charge in [0.15, 0.2) is 4.34 Å². The van der Waals surface area contributed by atoms with Crippen LogP contribution in [-0.2, 0) is 4.79 Å². The lowest BCUT2D eigenvalue weighted by atomic mass is 10.2. The molecule has 0 bridgehead atoms. The van der Waals surface area contributed by atoms with Crippen molar-refractivity contribution in [3.05, 3.63) is 52.2 Å². The zero-order valence-corrected chi connectivity index (χ0v) is 15.6. The summed E-state index contributed by atoms with van der Waals surface area (Å²) in [6, 6.07) is 11.2. The fourth-order valence-electron chi connectivity index (χ4n) is 1.91. The van der Waals surface area contributed by atoms with Gasteiger partial charge < -0.3 is 5.32 Å². The summed E-state index contributed by atoms with van der Waals surface area (Å²) in [4.78, 5) is 24.6. The highest BCUT2D eigenvalue weighted by atomic mass is 32.2. The number of aromatic nitrogens is 2. The molecule has 6 nitrogen and oxygen atoms in total. The van der Waals surface area contributed by atoms with E-state index < -0.39 is 0 Å². The summed E-state index contributed by atoms with van der Waals surface area (Å²) in [7, 11) is 0. The number of nitrogens with one attached hydrogen (secondary N) is 2. The second-order valence-electron chi connectivity index (χ2n) is 4.96. The number of anilines is 2. The number of thioether (sulfide) groups is 1. The van der Waals surface area contributed by atoms with E-state index in [1.165, 1.54) is 34.4 Å². The van der Waals surface area contributed by atoms with E-state index in [0.717, 1.165) is 11.3 Å². The van der Waals surface area contributed by atoms with E-state index in [1.807, 2.05) is 42.6 Å². The van der Waals surface area contributed by atoms with Gasteiger partial charge in [0.05, 0.1) is 10.6 Å². The number of benzene rings is 1. The molecular formula is C16H14N4O2S3. The number of rotatable bonds is 6. The number of carbonyl (C=O) groups is 2. The minimum atomic E-state index is -0.208. The van der Waals surface area contributed by atoms with E-state index in [0.29, 0.717) is 14.3 Å². The molecule has 0 spiro atoms. The number of hydrogen-bond donors (Lipinski definition) is 2. The second kappa shape index (κ2) is 8.24. The van der Waals surface area contributed by atoms with Gasteiger partial charge >= 0.3 is 0 Å². The summed E-state index contributed by atoms with van der Waals surface area (Å²) in [5.41, 5.74) is 1.81. The van der Waals surface area contributed by atoms with E-state index in [1.54, 1.807) is 6.07 Å². The van der Waals surface area contributed by atoms with Crippen LogP contribution in [0.5, 0.6) is 0 Å². The molecule has 2 heterocycles. The maximum Gasteiger partial charge on any atom is 0.267 e. The predicted molar refractivity (Wildman–Crippen MR) is 103 cm³/mol. The molecule has 128 valence electrons. The van der Waals surface area contributed by atoms with Crippen LogP contribution in [0.3, 0.4) is 0 Å². The Kier molecular flexibility index (Phi) is 5.79. The number of carbonyl (C=O) groups excluding carboxylic acids is 2. The van der Waals surface area contributed by atoms with Crippen molar-refractivity contribution in [1.29, 1.82) is 0 Å². The Labute approximate surface area is 156 Å². The molecule has 2 aromatic heterocycles. The number of nitrogens with zero attached hydrogens (tertiary/aromatic N) is 2. The summed E-state index contributed by atoms with van der Waals surface area (Å²) in [6.07, 6.45) is 0. The molecule has 9 heteroatoms. The normalized spacial score (nSPS) is 10.4. The van der Waals surface area contributed by atoms with Crippen molar-refractivity contribution in [2.75, 3.05) is 16.4 Å². The monoisotopic (exact) mass is 390 g/mol. The third-order valence-corrected chi connectivity index (χ3v) is 5.96. The molecule has 0 fully saturated rings. The van der Waals surface area contributed by atoms with Crippen LogP contribution < -0.4 is 10.6 Å². The van der Waals surface area contributed by atoms with Gasteiger partial charge in [-0.3, -0.25) is 14.9 Å². The van der Waals surface area contributed by atoms with Gasteiger partial charge in [-0.1, -0.05) is 47.4 Å². The second-order valence-corrected chi connectivity index (χ2v) is 8.10. The molecule has 1 aromatic carbocycles. The highest BCUT2D eigenvalue weighted by molar-refractivity contribution is 8.01. The van der Waals surface area contributed by atoms with Crippen LogP contribution in [0, 0.1) is 6.92 Å².